The summed E-state index contributed by atoms with van der Waals surface area (Å²) in [6, 6.07) is 15.3. The largest absolute Gasteiger partial charge is 0.289 e. The molecule has 2 aromatic rings. The minimum absolute atomic E-state index is 0.0308. The van der Waals surface area contributed by atoms with Crippen molar-refractivity contribution in [2.75, 3.05) is 0 Å². The molecule has 3 heteroatoms. The Labute approximate surface area is 129 Å². The third kappa shape index (κ3) is 3.43. The summed E-state index contributed by atoms with van der Waals surface area (Å²) in [7, 11) is 0. The van der Waals surface area contributed by atoms with Gasteiger partial charge in [0.1, 0.15) is 0 Å². The summed E-state index contributed by atoms with van der Waals surface area (Å²) in [4.78, 5) is 12.4. The SMILES string of the molecule is C/C(=C\c1ccccc1Br)C(=O)c1ccccc1Br. The predicted octanol–water partition coefficient (Wildman–Crippen LogP) is 5.50. The van der Waals surface area contributed by atoms with Crippen LogP contribution in [0.15, 0.2) is 63.0 Å². The highest BCUT2D eigenvalue weighted by Gasteiger charge is 2.11. The van der Waals surface area contributed by atoms with E-state index in [1.54, 1.807) is 0 Å². The fourth-order valence-corrected chi connectivity index (χ4v) is 2.61. The molecule has 1 nitrogen and oxygen atoms in total. The standard InChI is InChI=1S/C16H12Br2O/c1-11(10-12-6-2-4-8-14(12)17)16(19)13-7-3-5-9-15(13)18/h2-10H,1H3/b11-10+. The molecule has 0 saturated heterocycles. The Balaban J connectivity index is 2.35. The maximum atomic E-state index is 12.4. The number of hydrogen-bond acceptors (Lipinski definition) is 1. The second-order valence-electron chi connectivity index (χ2n) is 4.16. The van der Waals surface area contributed by atoms with Crippen molar-refractivity contribution in [2.24, 2.45) is 0 Å². The van der Waals surface area contributed by atoms with Crippen LogP contribution in [0.3, 0.4) is 0 Å². The molecule has 0 spiro atoms. The first kappa shape index (κ1) is 14.2. The molecule has 2 aromatic carbocycles. The van der Waals surface area contributed by atoms with Crippen molar-refractivity contribution in [3.63, 3.8) is 0 Å². The Kier molecular flexibility index (Phi) is 4.72. The molecular weight excluding hydrogens is 368 g/mol. The summed E-state index contributed by atoms with van der Waals surface area (Å²) in [5, 5.41) is 0. The Bertz CT molecular complexity index is 645. The van der Waals surface area contributed by atoms with Gasteiger partial charge in [-0.3, -0.25) is 4.79 Å². The Hall–Kier alpha value is -1.19. The fourth-order valence-electron chi connectivity index (χ4n) is 1.75. The lowest BCUT2D eigenvalue weighted by molar-refractivity contribution is 0.103. The van der Waals surface area contributed by atoms with Crippen molar-refractivity contribution < 1.29 is 4.79 Å². The summed E-state index contributed by atoms with van der Waals surface area (Å²) >= 11 is 6.89. The van der Waals surface area contributed by atoms with Crippen LogP contribution >= 0.6 is 31.9 Å². The lowest BCUT2D eigenvalue weighted by Gasteiger charge is -2.05. The number of halogens is 2. The number of carbonyl (C=O) groups excluding carboxylic acids is 1. The molecule has 0 atom stereocenters. The monoisotopic (exact) mass is 378 g/mol. The van der Waals surface area contributed by atoms with Crippen LogP contribution in [0.25, 0.3) is 6.08 Å². The summed E-state index contributed by atoms with van der Waals surface area (Å²) in [6.45, 7) is 1.83. The number of ketones is 1. The highest BCUT2D eigenvalue weighted by atomic mass is 79.9. The van der Waals surface area contributed by atoms with E-state index in [9.17, 15) is 4.79 Å². The number of benzene rings is 2. The Morgan fingerprint density at radius 2 is 1.53 bits per heavy atom. The summed E-state index contributed by atoms with van der Waals surface area (Å²) in [5.74, 6) is 0.0308. The van der Waals surface area contributed by atoms with Gasteiger partial charge in [-0.1, -0.05) is 62.2 Å². The minimum atomic E-state index is 0.0308. The second kappa shape index (κ2) is 6.31. The van der Waals surface area contributed by atoms with Crippen LogP contribution < -0.4 is 0 Å². The van der Waals surface area contributed by atoms with Gasteiger partial charge in [0.15, 0.2) is 5.78 Å². The van der Waals surface area contributed by atoms with Crippen LogP contribution in [0, 0.1) is 0 Å². The molecule has 0 aliphatic rings. The van der Waals surface area contributed by atoms with E-state index in [0.29, 0.717) is 11.1 Å². The second-order valence-corrected chi connectivity index (χ2v) is 5.87. The molecule has 0 N–H and O–H groups in total. The van der Waals surface area contributed by atoms with Crippen molar-refractivity contribution in [2.45, 2.75) is 6.92 Å². The Morgan fingerprint density at radius 1 is 0.947 bits per heavy atom. The molecule has 19 heavy (non-hydrogen) atoms. The lowest BCUT2D eigenvalue weighted by Crippen LogP contribution is -2.01. The van der Waals surface area contributed by atoms with Gasteiger partial charge in [-0.25, -0.2) is 0 Å². The van der Waals surface area contributed by atoms with Crippen LogP contribution in [0.5, 0.6) is 0 Å². The van der Waals surface area contributed by atoms with Crippen LogP contribution in [0.2, 0.25) is 0 Å². The summed E-state index contributed by atoms with van der Waals surface area (Å²) in [5.41, 5.74) is 2.39. The Morgan fingerprint density at radius 3 is 2.16 bits per heavy atom. The fraction of sp³-hybridized carbons (Fsp3) is 0.0625. The highest BCUT2D eigenvalue weighted by molar-refractivity contribution is 9.10. The maximum absolute atomic E-state index is 12.4. The molecule has 0 saturated carbocycles. The van der Waals surface area contributed by atoms with Gasteiger partial charge >= 0.3 is 0 Å². The first-order valence-corrected chi connectivity index (χ1v) is 7.40. The van der Waals surface area contributed by atoms with E-state index >= 15 is 0 Å². The van der Waals surface area contributed by atoms with Gasteiger partial charge in [0.2, 0.25) is 0 Å². The van der Waals surface area contributed by atoms with Crippen molar-refractivity contribution >= 4 is 43.7 Å². The number of Topliss-reactive ketones (excluding diaryl/α,β-unsaturated/α-hetero) is 1. The van der Waals surface area contributed by atoms with E-state index < -0.39 is 0 Å². The minimum Gasteiger partial charge on any atom is -0.289 e. The third-order valence-corrected chi connectivity index (χ3v) is 4.17. The molecule has 96 valence electrons. The quantitative estimate of drug-likeness (QED) is 0.508. The van der Waals surface area contributed by atoms with Gasteiger partial charge in [-0.15, -0.1) is 0 Å². The average molecular weight is 380 g/mol. The van der Waals surface area contributed by atoms with Gasteiger partial charge in [0.05, 0.1) is 0 Å². The molecular formula is C16H12Br2O. The van der Waals surface area contributed by atoms with Gasteiger partial charge < -0.3 is 0 Å². The maximum Gasteiger partial charge on any atom is 0.189 e. The normalized spacial score (nSPS) is 11.4. The van der Waals surface area contributed by atoms with Crippen molar-refractivity contribution in [1.82, 2.24) is 0 Å². The van der Waals surface area contributed by atoms with E-state index in [2.05, 4.69) is 31.9 Å². The average Bonchev–Trinajstić information content (AvgIpc) is 2.41. The van der Waals surface area contributed by atoms with Gasteiger partial charge in [-0.05, 0) is 42.3 Å². The topological polar surface area (TPSA) is 17.1 Å². The van der Waals surface area contributed by atoms with Crippen molar-refractivity contribution in [1.29, 1.82) is 0 Å². The van der Waals surface area contributed by atoms with Crippen LogP contribution in [0.4, 0.5) is 0 Å². The summed E-state index contributed by atoms with van der Waals surface area (Å²) in [6.07, 6.45) is 1.89. The third-order valence-electron chi connectivity index (χ3n) is 2.75. The number of carbonyl (C=O) groups is 1. The van der Waals surface area contributed by atoms with Crippen LogP contribution in [-0.2, 0) is 0 Å². The molecule has 0 heterocycles. The smallest absolute Gasteiger partial charge is 0.189 e. The van der Waals surface area contributed by atoms with Crippen LogP contribution in [-0.4, -0.2) is 5.78 Å². The van der Waals surface area contributed by atoms with E-state index in [1.165, 1.54) is 0 Å². The zero-order chi connectivity index (χ0) is 13.8. The highest BCUT2D eigenvalue weighted by Crippen LogP contribution is 2.23. The van der Waals surface area contributed by atoms with Crippen molar-refractivity contribution in [3.05, 3.63) is 74.2 Å². The molecule has 0 aromatic heterocycles. The molecule has 0 unspecified atom stereocenters. The first-order valence-electron chi connectivity index (χ1n) is 5.81. The number of allylic oxidation sites excluding steroid dienone is 1. The van der Waals surface area contributed by atoms with E-state index in [-0.39, 0.29) is 5.78 Å². The number of hydrogen-bond donors (Lipinski definition) is 0. The van der Waals surface area contributed by atoms with Crippen molar-refractivity contribution in [3.8, 4) is 0 Å². The molecule has 0 aliphatic carbocycles. The molecule has 0 aliphatic heterocycles. The molecule has 0 fully saturated rings. The number of rotatable bonds is 3. The van der Waals surface area contributed by atoms with E-state index in [4.69, 9.17) is 0 Å². The summed E-state index contributed by atoms with van der Waals surface area (Å²) < 4.78 is 1.80. The lowest BCUT2D eigenvalue weighted by atomic mass is 10.0. The molecule has 0 amide bonds. The molecule has 0 bridgehead atoms. The predicted molar refractivity (Wildman–Crippen MR) is 86.3 cm³/mol. The van der Waals surface area contributed by atoms with E-state index in [1.807, 2.05) is 61.5 Å². The molecule has 2 rings (SSSR count). The van der Waals surface area contributed by atoms with Gasteiger partial charge in [0, 0.05) is 14.5 Å². The van der Waals surface area contributed by atoms with Gasteiger partial charge in [0.25, 0.3) is 0 Å². The van der Waals surface area contributed by atoms with E-state index in [0.717, 1.165) is 14.5 Å². The zero-order valence-electron chi connectivity index (χ0n) is 10.4. The zero-order valence-corrected chi connectivity index (χ0v) is 13.5. The first-order chi connectivity index (χ1) is 9.09. The molecule has 0 radical (unpaired) electrons. The van der Waals surface area contributed by atoms with Crippen LogP contribution in [0.1, 0.15) is 22.8 Å². The van der Waals surface area contributed by atoms with Gasteiger partial charge in [-0.2, -0.15) is 0 Å².